The molecule has 12 heavy (non-hydrogen) atoms. The third-order valence-corrected chi connectivity index (χ3v) is 2.96. The van der Waals surface area contributed by atoms with Crippen molar-refractivity contribution < 1.29 is 9.84 Å². The van der Waals surface area contributed by atoms with Gasteiger partial charge in [0.1, 0.15) is 0 Å². The molecule has 1 heterocycles. The second-order valence-electron chi connectivity index (χ2n) is 2.92. The van der Waals surface area contributed by atoms with Crippen molar-refractivity contribution in [2.75, 3.05) is 18.1 Å². The Kier molecular flexibility index (Phi) is 4.73. The minimum atomic E-state index is -0.309. The van der Waals surface area contributed by atoms with Gasteiger partial charge >= 0.3 is 0 Å². The molecule has 2 unspecified atom stereocenters. The monoisotopic (exact) mass is 188 g/mol. The van der Waals surface area contributed by atoms with Crippen molar-refractivity contribution >= 4 is 11.8 Å². The van der Waals surface area contributed by atoms with Gasteiger partial charge in [0.15, 0.2) is 0 Å². The van der Waals surface area contributed by atoms with Gasteiger partial charge in [-0.25, -0.2) is 0 Å². The summed E-state index contributed by atoms with van der Waals surface area (Å²) in [7, 11) is 0. The topological polar surface area (TPSA) is 29.5 Å². The Labute approximate surface area is 78.0 Å². The predicted molar refractivity (Wildman–Crippen MR) is 52.5 cm³/mol. The van der Waals surface area contributed by atoms with Gasteiger partial charge < -0.3 is 9.84 Å². The molecule has 1 aliphatic rings. The van der Waals surface area contributed by atoms with Gasteiger partial charge in [-0.15, -0.1) is 6.58 Å². The summed E-state index contributed by atoms with van der Waals surface area (Å²) in [5, 5.41) is 9.62. The molecule has 0 aromatic carbocycles. The molecular formula is C9H16O2S. The standard InChI is InChI=1S/C9H16O2S/c1-2-3-4-8(10)9-7-12-6-5-11-9/h2,8-10H,1,3-7H2. The molecule has 3 heteroatoms. The third-order valence-electron chi connectivity index (χ3n) is 1.94. The average molecular weight is 188 g/mol. The van der Waals surface area contributed by atoms with E-state index in [1.165, 1.54) is 0 Å². The Hall–Kier alpha value is 0.01000. The van der Waals surface area contributed by atoms with Crippen molar-refractivity contribution in [2.45, 2.75) is 25.0 Å². The maximum atomic E-state index is 9.62. The van der Waals surface area contributed by atoms with Gasteiger partial charge in [-0.2, -0.15) is 11.8 Å². The molecule has 0 aromatic heterocycles. The predicted octanol–water partition coefficient (Wildman–Crippen LogP) is 1.45. The summed E-state index contributed by atoms with van der Waals surface area (Å²) < 4.78 is 5.43. The molecule has 1 rings (SSSR count). The molecule has 2 nitrogen and oxygen atoms in total. The molecule has 0 aliphatic carbocycles. The van der Waals surface area contributed by atoms with Crippen LogP contribution in [0.4, 0.5) is 0 Å². The van der Waals surface area contributed by atoms with Crippen LogP contribution in [0.3, 0.4) is 0 Å². The minimum absolute atomic E-state index is 0.0451. The maximum absolute atomic E-state index is 9.62. The molecule has 0 radical (unpaired) electrons. The van der Waals surface area contributed by atoms with Crippen molar-refractivity contribution in [3.63, 3.8) is 0 Å². The molecule has 70 valence electrons. The largest absolute Gasteiger partial charge is 0.390 e. The van der Waals surface area contributed by atoms with Crippen LogP contribution >= 0.6 is 11.8 Å². The van der Waals surface area contributed by atoms with Gasteiger partial charge in [0.05, 0.1) is 18.8 Å². The first-order chi connectivity index (χ1) is 5.84. The fourth-order valence-corrected chi connectivity index (χ4v) is 2.13. The first-order valence-electron chi connectivity index (χ1n) is 4.33. The molecule has 0 aromatic rings. The fourth-order valence-electron chi connectivity index (χ4n) is 1.20. The van der Waals surface area contributed by atoms with Crippen molar-refractivity contribution in [2.24, 2.45) is 0 Å². The van der Waals surface area contributed by atoms with E-state index >= 15 is 0 Å². The van der Waals surface area contributed by atoms with Crippen LogP contribution < -0.4 is 0 Å². The van der Waals surface area contributed by atoms with Crippen LogP contribution in [0.15, 0.2) is 12.7 Å². The lowest BCUT2D eigenvalue weighted by Crippen LogP contribution is -2.34. The van der Waals surface area contributed by atoms with E-state index < -0.39 is 0 Å². The molecule has 0 bridgehead atoms. The highest BCUT2D eigenvalue weighted by Gasteiger charge is 2.21. The summed E-state index contributed by atoms with van der Waals surface area (Å²) in [5.41, 5.74) is 0. The maximum Gasteiger partial charge on any atom is 0.0924 e. The second kappa shape index (κ2) is 5.62. The van der Waals surface area contributed by atoms with Gasteiger partial charge in [0.2, 0.25) is 0 Å². The van der Waals surface area contributed by atoms with E-state index in [4.69, 9.17) is 4.74 Å². The first kappa shape index (κ1) is 10.1. The van der Waals surface area contributed by atoms with E-state index in [2.05, 4.69) is 6.58 Å². The lowest BCUT2D eigenvalue weighted by atomic mass is 10.1. The Morgan fingerprint density at radius 3 is 3.17 bits per heavy atom. The summed E-state index contributed by atoms with van der Waals surface area (Å²) in [6, 6.07) is 0. The molecule has 0 saturated carbocycles. The van der Waals surface area contributed by atoms with Crippen LogP contribution in [0.5, 0.6) is 0 Å². The summed E-state index contributed by atoms with van der Waals surface area (Å²) in [6.07, 6.45) is 3.21. The number of hydrogen-bond acceptors (Lipinski definition) is 3. The molecule has 1 fully saturated rings. The number of thioether (sulfide) groups is 1. The van der Waals surface area contributed by atoms with E-state index in [0.717, 1.165) is 31.0 Å². The van der Waals surface area contributed by atoms with Crippen LogP contribution in [-0.2, 0) is 4.74 Å². The summed E-state index contributed by atoms with van der Waals surface area (Å²) in [4.78, 5) is 0. The highest BCUT2D eigenvalue weighted by molar-refractivity contribution is 7.99. The van der Waals surface area contributed by atoms with Crippen molar-refractivity contribution in [1.82, 2.24) is 0 Å². The normalized spacial score (nSPS) is 26.6. The molecular weight excluding hydrogens is 172 g/mol. The van der Waals surface area contributed by atoms with E-state index in [9.17, 15) is 5.11 Å². The molecule has 1 saturated heterocycles. The van der Waals surface area contributed by atoms with Gasteiger partial charge in [-0.3, -0.25) is 0 Å². The Morgan fingerprint density at radius 2 is 2.58 bits per heavy atom. The van der Waals surface area contributed by atoms with Gasteiger partial charge in [-0.1, -0.05) is 6.08 Å². The van der Waals surface area contributed by atoms with Crippen molar-refractivity contribution in [3.8, 4) is 0 Å². The molecule has 1 N–H and O–H groups in total. The molecule has 1 aliphatic heterocycles. The Balaban J connectivity index is 2.19. The molecule has 0 amide bonds. The quantitative estimate of drug-likeness (QED) is 0.677. The number of allylic oxidation sites excluding steroid dienone is 1. The average Bonchev–Trinajstić information content (AvgIpc) is 2.15. The highest BCUT2D eigenvalue weighted by Crippen LogP contribution is 2.17. The third kappa shape index (κ3) is 3.17. The van der Waals surface area contributed by atoms with E-state index in [1.54, 1.807) is 0 Å². The summed E-state index contributed by atoms with van der Waals surface area (Å²) in [6.45, 7) is 4.40. The number of hydrogen-bond donors (Lipinski definition) is 1. The van der Waals surface area contributed by atoms with E-state index in [1.807, 2.05) is 17.8 Å². The molecule has 2 atom stereocenters. The highest BCUT2D eigenvalue weighted by atomic mass is 32.2. The SMILES string of the molecule is C=CCCC(O)C1CSCCO1. The zero-order chi connectivity index (χ0) is 8.81. The van der Waals surface area contributed by atoms with Crippen LogP contribution in [0.1, 0.15) is 12.8 Å². The molecule has 0 spiro atoms. The number of aliphatic hydroxyl groups is 1. The van der Waals surface area contributed by atoms with E-state index in [-0.39, 0.29) is 12.2 Å². The lowest BCUT2D eigenvalue weighted by Gasteiger charge is -2.26. The van der Waals surface area contributed by atoms with Crippen LogP contribution in [-0.4, -0.2) is 35.4 Å². The minimum Gasteiger partial charge on any atom is -0.390 e. The van der Waals surface area contributed by atoms with Crippen LogP contribution in [0, 0.1) is 0 Å². The fraction of sp³-hybridized carbons (Fsp3) is 0.778. The summed E-state index contributed by atoms with van der Waals surface area (Å²) >= 11 is 1.85. The zero-order valence-corrected chi connectivity index (χ0v) is 8.05. The van der Waals surface area contributed by atoms with Crippen LogP contribution in [0.2, 0.25) is 0 Å². The van der Waals surface area contributed by atoms with Crippen LogP contribution in [0.25, 0.3) is 0 Å². The zero-order valence-electron chi connectivity index (χ0n) is 7.24. The lowest BCUT2D eigenvalue weighted by molar-refractivity contribution is -0.0241. The number of aliphatic hydroxyl groups excluding tert-OH is 1. The summed E-state index contributed by atoms with van der Waals surface area (Å²) in [5.74, 6) is 1.99. The van der Waals surface area contributed by atoms with E-state index in [0.29, 0.717) is 0 Å². The first-order valence-corrected chi connectivity index (χ1v) is 5.48. The van der Waals surface area contributed by atoms with Crippen molar-refractivity contribution in [3.05, 3.63) is 12.7 Å². The van der Waals surface area contributed by atoms with Gasteiger partial charge in [-0.05, 0) is 12.8 Å². The van der Waals surface area contributed by atoms with Crippen molar-refractivity contribution in [1.29, 1.82) is 0 Å². The van der Waals surface area contributed by atoms with Gasteiger partial charge in [0, 0.05) is 11.5 Å². The second-order valence-corrected chi connectivity index (χ2v) is 4.07. The van der Waals surface area contributed by atoms with Gasteiger partial charge in [0.25, 0.3) is 0 Å². The Bertz CT molecular complexity index is 132. The number of ether oxygens (including phenoxy) is 1. The number of rotatable bonds is 4. The Morgan fingerprint density at radius 1 is 1.75 bits per heavy atom. The smallest absolute Gasteiger partial charge is 0.0924 e.